The van der Waals surface area contributed by atoms with Gasteiger partial charge in [-0.3, -0.25) is 0 Å². The van der Waals surface area contributed by atoms with E-state index in [1.54, 1.807) is 0 Å². The first-order chi connectivity index (χ1) is 9.43. The standard InChI is InChI=1S/C13H11F3N4/c14-13(15,16)9-3-1-2-8(6-9)11-18-10(7-4-5-7)19-12(17)20-11/h1-3,6-7H,4-5H2,(H2,17,18,19,20). The highest BCUT2D eigenvalue weighted by Gasteiger charge is 2.31. The van der Waals surface area contributed by atoms with Crippen LogP contribution < -0.4 is 5.73 Å². The number of hydrogen-bond acceptors (Lipinski definition) is 4. The third kappa shape index (κ3) is 2.56. The van der Waals surface area contributed by atoms with Crippen LogP contribution in [-0.4, -0.2) is 15.0 Å². The van der Waals surface area contributed by atoms with Crippen LogP contribution in [0.3, 0.4) is 0 Å². The number of nitrogens with two attached hydrogens (primary N) is 1. The zero-order valence-corrected chi connectivity index (χ0v) is 10.4. The van der Waals surface area contributed by atoms with E-state index in [9.17, 15) is 13.2 Å². The molecule has 2 N–H and O–H groups in total. The summed E-state index contributed by atoms with van der Waals surface area (Å²) < 4.78 is 38.1. The first-order valence-electron chi connectivity index (χ1n) is 6.12. The van der Waals surface area contributed by atoms with E-state index in [2.05, 4.69) is 15.0 Å². The Labute approximate surface area is 112 Å². The van der Waals surface area contributed by atoms with Gasteiger partial charge >= 0.3 is 6.18 Å². The highest BCUT2D eigenvalue weighted by atomic mass is 19.4. The first kappa shape index (κ1) is 12.8. The van der Waals surface area contributed by atoms with E-state index < -0.39 is 11.7 Å². The Bertz CT molecular complexity index is 650. The summed E-state index contributed by atoms with van der Waals surface area (Å²) in [5, 5.41) is 0. The SMILES string of the molecule is Nc1nc(-c2cccc(C(F)(F)F)c2)nc(C2CC2)n1. The minimum atomic E-state index is -4.39. The summed E-state index contributed by atoms with van der Waals surface area (Å²) in [4.78, 5) is 12.2. The number of halogens is 3. The van der Waals surface area contributed by atoms with Crippen LogP contribution in [-0.2, 0) is 6.18 Å². The fourth-order valence-corrected chi connectivity index (χ4v) is 1.90. The monoisotopic (exact) mass is 280 g/mol. The average Bonchev–Trinajstić information content (AvgIpc) is 3.21. The molecule has 1 aliphatic carbocycles. The lowest BCUT2D eigenvalue weighted by Crippen LogP contribution is -2.06. The third-order valence-electron chi connectivity index (χ3n) is 3.06. The topological polar surface area (TPSA) is 64.7 Å². The lowest BCUT2D eigenvalue weighted by molar-refractivity contribution is -0.137. The van der Waals surface area contributed by atoms with Gasteiger partial charge in [-0.15, -0.1) is 0 Å². The minimum absolute atomic E-state index is 0.0364. The normalized spacial score (nSPS) is 15.3. The van der Waals surface area contributed by atoms with Crippen molar-refractivity contribution in [3.05, 3.63) is 35.7 Å². The van der Waals surface area contributed by atoms with Gasteiger partial charge in [0.1, 0.15) is 5.82 Å². The van der Waals surface area contributed by atoms with Crippen molar-refractivity contribution in [3.63, 3.8) is 0 Å². The highest BCUT2D eigenvalue weighted by Crippen LogP contribution is 2.38. The van der Waals surface area contributed by atoms with E-state index in [0.29, 0.717) is 5.82 Å². The van der Waals surface area contributed by atoms with Crippen molar-refractivity contribution < 1.29 is 13.2 Å². The van der Waals surface area contributed by atoms with Gasteiger partial charge in [0.15, 0.2) is 5.82 Å². The smallest absolute Gasteiger partial charge is 0.368 e. The number of nitrogen functional groups attached to an aromatic ring is 1. The molecule has 2 aromatic rings. The summed E-state index contributed by atoms with van der Waals surface area (Å²) in [7, 11) is 0. The zero-order valence-electron chi connectivity index (χ0n) is 10.4. The number of anilines is 1. The van der Waals surface area contributed by atoms with Crippen molar-refractivity contribution in [2.75, 3.05) is 5.73 Å². The summed E-state index contributed by atoms with van der Waals surface area (Å²) in [6.45, 7) is 0. The third-order valence-corrected chi connectivity index (χ3v) is 3.06. The molecule has 1 aromatic carbocycles. The summed E-state index contributed by atoms with van der Waals surface area (Å²) in [6, 6.07) is 4.89. The average molecular weight is 280 g/mol. The number of aromatic nitrogens is 3. The molecular formula is C13H11F3N4. The summed E-state index contributed by atoms with van der Waals surface area (Å²) in [5.74, 6) is 1.04. The maximum absolute atomic E-state index is 12.7. The molecule has 0 bridgehead atoms. The van der Waals surface area contributed by atoms with Crippen LogP contribution in [0.2, 0.25) is 0 Å². The van der Waals surface area contributed by atoms with Crippen LogP contribution in [0.15, 0.2) is 24.3 Å². The second-order valence-corrected chi connectivity index (χ2v) is 4.73. The second kappa shape index (κ2) is 4.43. The molecule has 1 aromatic heterocycles. The zero-order chi connectivity index (χ0) is 14.3. The van der Waals surface area contributed by atoms with Crippen molar-refractivity contribution in [3.8, 4) is 11.4 Å². The van der Waals surface area contributed by atoms with Crippen molar-refractivity contribution in [1.29, 1.82) is 0 Å². The highest BCUT2D eigenvalue weighted by molar-refractivity contribution is 5.57. The van der Waals surface area contributed by atoms with Crippen molar-refractivity contribution in [2.24, 2.45) is 0 Å². The Morgan fingerprint density at radius 2 is 1.85 bits per heavy atom. The van der Waals surface area contributed by atoms with E-state index in [4.69, 9.17) is 5.73 Å². The van der Waals surface area contributed by atoms with Gasteiger partial charge in [-0.05, 0) is 25.0 Å². The molecule has 0 saturated heterocycles. The molecule has 1 aliphatic rings. The van der Waals surface area contributed by atoms with E-state index in [-0.39, 0.29) is 23.3 Å². The van der Waals surface area contributed by atoms with Crippen LogP contribution >= 0.6 is 0 Å². The Kier molecular flexibility index (Phi) is 2.84. The van der Waals surface area contributed by atoms with Crippen LogP contribution in [0.1, 0.15) is 30.1 Å². The predicted octanol–water partition coefficient (Wildman–Crippen LogP) is 3.02. The van der Waals surface area contributed by atoms with E-state index in [1.165, 1.54) is 12.1 Å². The molecule has 1 fully saturated rings. The summed E-state index contributed by atoms with van der Waals surface area (Å²) >= 11 is 0. The number of hydrogen-bond donors (Lipinski definition) is 1. The molecule has 0 unspecified atom stereocenters. The van der Waals surface area contributed by atoms with Crippen molar-refractivity contribution >= 4 is 5.95 Å². The molecule has 1 saturated carbocycles. The van der Waals surface area contributed by atoms with Gasteiger partial charge in [-0.1, -0.05) is 12.1 Å². The van der Waals surface area contributed by atoms with Crippen LogP contribution in [0.25, 0.3) is 11.4 Å². The van der Waals surface area contributed by atoms with Crippen molar-refractivity contribution in [1.82, 2.24) is 15.0 Å². The maximum atomic E-state index is 12.7. The molecule has 0 spiro atoms. The first-order valence-corrected chi connectivity index (χ1v) is 6.12. The molecule has 0 atom stereocenters. The molecule has 1 heterocycles. The van der Waals surface area contributed by atoms with Gasteiger partial charge in [0.25, 0.3) is 0 Å². The van der Waals surface area contributed by atoms with Gasteiger partial charge in [0.2, 0.25) is 5.95 Å². The molecule has 0 radical (unpaired) electrons. The lowest BCUT2D eigenvalue weighted by Gasteiger charge is -2.09. The molecule has 0 amide bonds. The molecule has 20 heavy (non-hydrogen) atoms. The van der Waals surface area contributed by atoms with Gasteiger partial charge in [-0.2, -0.15) is 23.1 Å². The number of alkyl halides is 3. The predicted molar refractivity (Wildman–Crippen MR) is 66.7 cm³/mol. The van der Waals surface area contributed by atoms with Gasteiger partial charge in [-0.25, -0.2) is 4.98 Å². The second-order valence-electron chi connectivity index (χ2n) is 4.73. The molecule has 3 rings (SSSR count). The van der Waals surface area contributed by atoms with E-state index >= 15 is 0 Å². The Hall–Kier alpha value is -2.18. The fraction of sp³-hybridized carbons (Fsp3) is 0.308. The Morgan fingerprint density at radius 1 is 1.10 bits per heavy atom. The Balaban J connectivity index is 2.04. The van der Waals surface area contributed by atoms with Crippen LogP contribution in [0.4, 0.5) is 19.1 Å². The van der Waals surface area contributed by atoms with Crippen molar-refractivity contribution in [2.45, 2.75) is 24.9 Å². The molecule has 104 valence electrons. The summed E-state index contributed by atoms with van der Waals surface area (Å²) in [6.07, 6.45) is -2.44. The number of rotatable bonds is 2. The van der Waals surface area contributed by atoms with E-state index in [1.807, 2.05) is 0 Å². The largest absolute Gasteiger partial charge is 0.416 e. The minimum Gasteiger partial charge on any atom is -0.368 e. The van der Waals surface area contributed by atoms with E-state index in [0.717, 1.165) is 25.0 Å². The van der Waals surface area contributed by atoms with Gasteiger partial charge in [0.05, 0.1) is 5.56 Å². The fourth-order valence-electron chi connectivity index (χ4n) is 1.90. The number of benzene rings is 1. The molecule has 4 nitrogen and oxygen atoms in total. The van der Waals surface area contributed by atoms with Gasteiger partial charge < -0.3 is 5.73 Å². The summed E-state index contributed by atoms with van der Waals surface area (Å²) in [5.41, 5.74) is 5.16. The number of nitrogens with zero attached hydrogens (tertiary/aromatic N) is 3. The quantitative estimate of drug-likeness (QED) is 0.918. The molecule has 0 aliphatic heterocycles. The molecular weight excluding hydrogens is 269 g/mol. The van der Waals surface area contributed by atoms with Crippen LogP contribution in [0.5, 0.6) is 0 Å². The van der Waals surface area contributed by atoms with Gasteiger partial charge in [0, 0.05) is 11.5 Å². The Morgan fingerprint density at radius 3 is 2.50 bits per heavy atom. The molecule has 7 heteroatoms. The van der Waals surface area contributed by atoms with Crippen LogP contribution in [0, 0.1) is 0 Å². The maximum Gasteiger partial charge on any atom is 0.416 e. The lowest BCUT2D eigenvalue weighted by atomic mass is 10.1.